The van der Waals surface area contributed by atoms with Crippen LogP contribution in [0.2, 0.25) is 0 Å². The fraction of sp³-hybridized carbons (Fsp3) is 0.562. The minimum absolute atomic E-state index is 0.0129. The van der Waals surface area contributed by atoms with E-state index in [0.717, 1.165) is 19.4 Å². The molecule has 2 unspecified atom stereocenters. The highest BCUT2D eigenvalue weighted by Crippen LogP contribution is 2.22. The molecule has 0 heterocycles. The number of hydrogen-bond donors (Lipinski definition) is 3. The van der Waals surface area contributed by atoms with Crippen molar-refractivity contribution in [3.63, 3.8) is 0 Å². The lowest BCUT2D eigenvalue weighted by Crippen LogP contribution is -2.36. The van der Waals surface area contributed by atoms with Crippen LogP contribution in [0.4, 0.5) is 4.39 Å². The van der Waals surface area contributed by atoms with Crippen LogP contribution in [0.1, 0.15) is 49.8 Å². The van der Waals surface area contributed by atoms with Gasteiger partial charge < -0.3 is 15.5 Å². The Kier molecular flexibility index (Phi) is 7.32. The van der Waals surface area contributed by atoms with Gasteiger partial charge in [0.25, 0.3) is 0 Å². The van der Waals surface area contributed by atoms with E-state index in [-0.39, 0.29) is 18.3 Å². The van der Waals surface area contributed by atoms with Crippen molar-refractivity contribution in [2.24, 2.45) is 0 Å². The predicted molar refractivity (Wildman–Crippen MR) is 79.7 cm³/mol. The molecule has 1 aromatic rings. The van der Waals surface area contributed by atoms with Crippen molar-refractivity contribution in [3.05, 3.63) is 35.1 Å². The standard InChI is InChI=1S/C16H24FNO3/c1-3-4-9-18-14(7-8-15(19)20)16(21)12-5-6-13(17)11(2)10-12/h5-6,10,14,16,18,21H,3-4,7-9H2,1-2H3,(H,19,20). The van der Waals surface area contributed by atoms with Crippen LogP contribution in [-0.4, -0.2) is 28.8 Å². The molecule has 0 aliphatic rings. The highest BCUT2D eigenvalue weighted by Gasteiger charge is 2.21. The first kappa shape index (κ1) is 17.6. The lowest BCUT2D eigenvalue weighted by Gasteiger charge is -2.24. The number of carbonyl (C=O) groups is 1. The van der Waals surface area contributed by atoms with Crippen LogP contribution in [0.15, 0.2) is 18.2 Å². The molecule has 0 bridgehead atoms. The number of aliphatic hydroxyl groups is 1. The van der Waals surface area contributed by atoms with Gasteiger partial charge in [0.05, 0.1) is 6.10 Å². The van der Waals surface area contributed by atoms with E-state index in [0.29, 0.717) is 17.5 Å². The zero-order chi connectivity index (χ0) is 15.8. The number of rotatable bonds is 9. The van der Waals surface area contributed by atoms with E-state index in [1.165, 1.54) is 6.07 Å². The average molecular weight is 297 g/mol. The van der Waals surface area contributed by atoms with E-state index in [1.54, 1.807) is 19.1 Å². The maximum Gasteiger partial charge on any atom is 0.303 e. The van der Waals surface area contributed by atoms with Gasteiger partial charge in [-0.2, -0.15) is 0 Å². The van der Waals surface area contributed by atoms with Gasteiger partial charge >= 0.3 is 5.97 Å². The van der Waals surface area contributed by atoms with Crippen LogP contribution in [0.3, 0.4) is 0 Å². The molecular formula is C16H24FNO3. The van der Waals surface area contributed by atoms with Crippen LogP contribution in [0.25, 0.3) is 0 Å². The molecule has 0 amide bonds. The summed E-state index contributed by atoms with van der Waals surface area (Å²) >= 11 is 0. The third kappa shape index (κ3) is 5.81. The summed E-state index contributed by atoms with van der Waals surface area (Å²) in [7, 11) is 0. The van der Waals surface area contributed by atoms with Gasteiger partial charge in [-0.1, -0.05) is 25.5 Å². The molecule has 0 fully saturated rings. The molecule has 21 heavy (non-hydrogen) atoms. The normalized spacial score (nSPS) is 13.9. The van der Waals surface area contributed by atoms with Gasteiger partial charge in [0.2, 0.25) is 0 Å². The molecular weight excluding hydrogens is 273 g/mol. The number of carboxylic acid groups (broad SMARTS) is 1. The first-order valence-corrected chi connectivity index (χ1v) is 7.35. The van der Waals surface area contributed by atoms with Gasteiger partial charge in [-0.15, -0.1) is 0 Å². The Hall–Kier alpha value is -1.46. The second-order valence-corrected chi connectivity index (χ2v) is 5.30. The summed E-state index contributed by atoms with van der Waals surface area (Å²) in [6.45, 7) is 4.42. The first-order chi connectivity index (χ1) is 9.95. The summed E-state index contributed by atoms with van der Waals surface area (Å²) in [6.07, 6.45) is 1.45. The smallest absolute Gasteiger partial charge is 0.303 e. The number of aliphatic carboxylic acids is 1. The highest BCUT2D eigenvalue weighted by atomic mass is 19.1. The van der Waals surface area contributed by atoms with Crippen molar-refractivity contribution in [1.29, 1.82) is 0 Å². The Labute approximate surface area is 125 Å². The van der Waals surface area contributed by atoms with E-state index in [1.807, 2.05) is 0 Å². The molecule has 1 aromatic carbocycles. The second kappa shape index (κ2) is 8.74. The quantitative estimate of drug-likeness (QED) is 0.613. The van der Waals surface area contributed by atoms with Gasteiger partial charge in [0.15, 0.2) is 0 Å². The summed E-state index contributed by atoms with van der Waals surface area (Å²) < 4.78 is 13.3. The van der Waals surface area contributed by atoms with Gasteiger partial charge in [-0.05, 0) is 43.5 Å². The number of halogens is 1. The maximum absolute atomic E-state index is 13.3. The van der Waals surface area contributed by atoms with Gasteiger partial charge in [0, 0.05) is 12.5 Å². The fourth-order valence-electron chi connectivity index (χ4n) is 2.20. The van der Waals surface area contributed by atoms with Crippen molar-refractivity contribution >= 4 is 5.97 Å². The van der Waals surface area contributed by atoms with Crippen LogP contribution in [0.5, 0.6) is 0 Å². The molecule has 2 atom stereocenters. The van der Waals surface area contributed by atoms with Crippen molar-refractivity contribution in [3.8, 4) is 0 Å². The van der Waals surface area contributed by atoms with E-state index < -0.39 is 12.1 Å². The van der Waals surface area contributed by atoms with Crippen LogP contribution in [0, 0.1) is 12.7 Å². The van der Waals surface area contributed by atoms with Gasteiger partial charge in [-0.25, -0.2) is 4.39 Å². The van der Waals surface area contributed by atoms with Crippen molar-refractivity contribution in [1.82, 2.24) is 5.32 Å². The molecule has 5 heteroatoms. The lowest BCUT2D eigenvalue weighted by molar-refractivity contribution is -0.137. The molecule has 0 saturated heterocycles. The molecule has 1 rings (SSSR count). The Morgan fingerprint density at radius 2 is 2.14 bits per heavy atom. The van der Waals surface area contributed by atoms with Crippen molar-refractivity contribution in [2.45, 2.75) is 51.7 Å². The number of hydrogen-bond acceptors (Lipinski definition) is 3. The Morgan fingerprint density at radius 1 is 1.43 bits per heavy atom. The van der Waals surface area contributed by atoms with Crippen LogP contribution < -0.4 is 5.32 Å². The largest absolute Gasteiger partial charge is 0.481 e. The Balaban J connectivity index is 2.78. The Bertz CT molecular complexity index is 465. The van der Waals surface area contributed by atoms with Gasteiger partial charge in [-0.3, -0.25) is 4.79 Å². The van der Waals surface area contributed by atoms with Crippen LogP contribution in [-0.2, 0) is 4.79 Å². The fourth-order valence-corrected chi connectivity index (χ4v) is 2.20. The summed E-state index contributed by atoms with van der Waals surface area (Å²) in [5, 5.41) is 22.4. The van der Waals surface area contributed by atoms with Crippen molar-refractivity contribution in [2.75, 3.05) is 6.54 Å². The SMILES string of the molecule is CCCCNC(CCC(=O)O)C(O)c1ccc(F)c(C)c1. The maximum atomic E-state index is 13.3. The molecule has 0 saturated carbocycles. The third-order valence-corrected chi connectivity index (χ3v) is 3.51. The number of unbranched alkanes of at least 4 members (excludes halogenated alkanes) is 1. The van der Waals surface area contributed by atoms with Crippen LogP contribution >= 0.6 is 0 Å². The molecule has 0 aliphatic heterocycles. The minimum atomic E-state index is -0.889. The Morgan fingerprint density at radius 3 is 2.71 bits per heavy atom. The summed E-state index contributed by atoms with van der Waals surface area (Å²) in [5.41, 5.74) is 1.07. The summed E-state index contributed by atoms with van der Waals surface area (Å²) in [5.74, 6) is -1.20. The second-order valence-electron chi connectivity index (χ2n) is 5.30. The first-order valence-electron chi connectivity index (χ1n) is 7.35. The number of nitrogens with one attached hydrogen (secondary N) is 1. The molecule has 118 valence electrons. The molecule has 4 nitrogen and oxygen atoms in total. The van der Waals surface area contributed by atoms with Crippen molar-refractivity contribution < 1.29 is 19.4 Å². The molecule has 3 N–H and O–H groups in total. The number of benzene rings is 1. The zero-order valence-corrected chi connectivity index (χ0v) is 12.6. The molecule has 0 radical (unpaired) electrons. The molecule has 0 aliphatic carbocycles. The van der Waals surface area contributed by atoms with E-state index in [9.17, 15) is 14.3 Å². The monoisotopic (exact) mass is 297 g/mol. The summed E-state index contributed by atoms with van der Waals surface area (Å²) in [4.78, 5) is 10.7. The predicted octanol–water partition coefficient (Wildman–Crippen LogP) is 2.79. The van der Waals surface area contributed by atoms with Gasteiger partial charge in [0.1, 0.15) is 5.82 Å². The van der Waals surface area contributed by atoms with E-state index in [4.69, 9.17) is 5.11 Å². The lowest BCUT2D eigenvalue weighted by atomic mass is 9.96. The number of carboxylic acids is 1. The molecule has 0 aromatic heterocycles. The average Bonchev–Trinajstić information content (AvgIpc) is 2.44. The van der Waals surface area contributed by atoms with E-state index in [2.05, 4.69) is 12.2 Å². The highest BCUT2D eigenvalue weighted by molar-refractivity contribution is 5.66. The minimum Gasteiger partial charge on any atom is -0.481 e. The summed E-state index contributed by atoms with van der Waals surface area (Å²) in [6, 6.07) is 4.13. The topological polar surface area (TPSA) is 69.6 Å². The van der Waals surface area contributed by atoms with E-state index >= 15 is 0 Å². The zero-order valence-electron chi connectivity index (χ0n) is 12.6. The number of aliphatic hydroxyl groups excluding tert-OH is 1. The third-order valence-electron chi connectivity index (χ3n) is 3.51. The number of aryl methyl sites for hydroxylation is 1. The molecule has 0 spiro atoms.